The Morgan fingerprint density at radius 2 is 2.00 bits per heavy atom. The van der Waals surface area contributed by atoms with E-state index in [1.54, 1.807) is 13.2 Å². The van der Waals surface area contributed by atoms with Gasteiger partial charge in [0.1, 0.15) is 11.6 Å². The quantitative estimate of drug-likeness (QED) is 0.599. The van der Waals surface area contributed by atoms with E-state index in [9.17, 15) is 0 Å². The average molecular weight is 342 g/mol. The third kappa shape index (κ3) is 5.89. The van der Waals surface area contributed by atoms with Crippen molar-refractivity contribution in [2.45, 2.75) is 53.1 Å². The summed E-state index contributed by atoms with van der Waals surface area (Å²) in [6.45, 7) is 9.35. The molecule has 0 fully saturated rings. The molecule has 0 saturated heterocycles. The van der Waals surface area contributed by atoms with Crippen LogP contribution in [0.3, 0.4) is 0 Å². The van der Waals surface area contributed by atoms with Crippen LogP contribution in [0, 0.1) is 12.8 Å². The molecular weight excluding hydrogens is 312 g/mol. The van der Waals surface area contributed by atoms with Crippen LogP contribution >= 0.6 is 0 Å². The molecule has 6 nitrogen and oxygen atoms in total. The molecule has 2 N–H and O–H groups in total. The molecule has 0 aromatic carbocycles. The van der Waals surface area contributed by atoms with Crippen molar-refractivity contribution in [3.05, 3.63) is 42.1 Å². The monoisotopic (exact) mass is 342 g/mol. The summed E-state index contributed by atoms with van der Waals surface area (Å²) in [6, 6.07) is 4.48. The van der Waals surface area contributed by atoms with Crippen LogP contribution in [0.1, 0.15) is 45.0 Å². The minimum Gasteiger partial charge on any atom is -0.354 e. The molecule has 0 spiro atoms. The van der Waals surface area contributed by atoms with Gasteiger partial charge in [-0.05, 0) is 44.2 Å². The Kier molecular flexibility index (Phi) is 6.98. The van der Waals surface area contributed by atoms with Crippen molar-refractivity contribution in [2.24, 2.45) is 10.9 Å². The Bertz CT molecular complexity index is 671. The number of nitrogens with one attached hydrogen (secondary N) is 2. The number of hydrogen-bond donors (Lipinski definition) is 2. The van der Waals surface area contributed by atoms with Crippen LogP contribution in [-0.2, 0) is 6.54 Å². The largest absolute Gasteiger partial charge is 0.354 e. The Morgan fingerprint density at radius 3 is 2.56 bits per heavy atom. The number of imidazole rings is 1. The highest BCUT2D eigenvalue weighted by Gasteiger charge is 2.07. The molecule has 1 unspecified atom stereocenters. The summed E-state index contributed by atoms with van der Waals surface area (Å²) in [5, 5.41) is 6.79. The lowest BCUT2D eigenvalue weighted by Crippen LogP contribution is -2.41. The van der Waals surface area contributed by atoms with E-state index in [0.29, 0.717) is 12.6 Å². The number of aliphatic imine (C=N–C) groups is 1. The summed E-state index contributed by atoms with van der Waals surface area (Å²) in [5.74, 6) is 3.36. The number of guanidine groups is 1. The van der Waals surface area contributed by atoms with E-state index < -0.39 is 0 Å². The Hall–Kier alpha value is -2.37. The summed E-state index contributed by atoms with van der Waals surface area (Å²) in [4.78, 5) is 13.0. The first-order valence-electron chi connectivity index (χ1n) is 8.92. The summed E-state index contributed by atoms with van der Waals surface area (Å²) in [7, 11) is 1.80. The van der Waals surface area contributed by atoms with E-state index in [1.807, 2.05) is 30.0 Å². The van der Waals surface area contributed by atoms with Crippen molar-refractivity contribution < 1.29 is 0 Å². The van der Waals surface area contributed by atoms with Crippen molar-refractivity contribution >= 4 is 5.96 Å². The molecule has 2 aromatic rings. The minimum atomic E-state index is 0.401. The molecule has 136 valence electrons. The highest BCUT2D eigenvalue weighted by Crippen LogP contribution is 2.08. The third-order valence-corrected chi connectivity index (χ3v) is 4.13. The molecule has 0 radical (unpaired) electrons. The number of rotatable bonds is 7. The summed E-state index contributed by atoms with van der Waals surface area (Å²) < 4.78 is 1.97. The van der Waals surface area contributed by atoms with Gasteiger partial charge in [-0.15, -0.1) is 0 Å². The van der Waals surface area contributed by atoms with E-state index >= 15 is 0 Å². The molecule has 2 aromatic heterocycles. The fraction of sp³-hybridized carbons (Fsp3) is 0.526. The van der Waals surface area contributed by atoms with Gasteiger partial charge in [0.2, 0.25) is 0 Å². The summed E-state index contributed by atoms with van der Waals surface area (Å²) in [6.07, 6.45) is 7.93. The molecule has 0 aliphatic rings. The standard InChI is InChI=1S/C19H30N6/c1-14(2)6-7-15(3)24-19(20-5)23-13-17-8-9-18(22-12-17)25-11-10-21-16(25)4/h8-12,14-15H,6-7,13H2,1-5H3,(H2,20,23,24). The molecule has 2 heterocycles. The summed E-state index contributed by atoms with van der Waals surface area (Å²) >= 11 is 0. The lowest BCUT2D eigenvalue weighted by molar-refractivity contribution is 0.489. The van der Waals surface area contributed by atoms with E-state index in [0.717, 1.165) is 35.5 Å². The maximum atomic E-state index is 4.52. The second-order valence-corrected chi connectivity index (χ2v) is 6.81. The van der Waals surface area contributed by atoms with E-state index in [2.05, 4.69) is 52.4 Å². The second-order valence-electron chi connectivity index (χ2n) is 6.81. The van der Waals surface area contributed by atoms with Gasteiger partial charge in [0, 0.05) is 38.2 Å². The smallest absolute Gasteiger partial charge is 0.191 e. The zero-order valence-electron chi connectivity index (χ0n) is 16.0. The molecule has 0 aliphatic carbocycles. The fourth-order valence-electron chi connectivity index (χ4n) is 2.55. The predicted molar refractivity (Wildman–Crippen MR) is 103 cm³/mol. The van der Waals surface area contributed by atoms with Gasteiger partial charge >= 0.3 is 0 Å². The van der Waals surface area contributed by atoms with Gasteiger partial charge in [-0.25, -0.2) is 9.97 Å². The number of aromatic nitrogens is 3. The van der Waals surface area contributed by atoms with Crippen molar-refractivity contribution in [2.75, 3.05) is 7.05 Å². The van der Waals surface area contributed by atoms with Crippen molar-refractivity contribution in [1.29, 1.82) is 0 Å². The van der Waals surface area contributed by atoms with Crippen molar-refractivity contribution in [3.63, 3.8) is 0 Å². The van der Waals surface area contributed by atoms with Gasteiger partial charge in [0.15, 0.2) is 5.96 Å². The Labute approximate surface area is 150 Å². The van der Waals surface area contributed by atoms with Crippen LogP contribution in [-0.4, -0.2) is 33.6 Å². The van der Waals surface area contributed by atoms with Crippen LogP contribution in [0.4, 0.5) is 0 Å². The highest BCUT2D eigenvalue weighted by molar-refractivity contribution is 5.79. The molecule has 6 heteroatoms. The van der Waals surface area contributed by atoms with E-state index in [-0.39, 0.29) is 0 Å². The van der Waals surface area contributed by atoms with Crippen LogP contribution in [0.15, 0.2) is 35.7 Å². The van der Waals surface area contributed by atoms with Gasteiger partial charge in [-0.1, -0.05) is 19.9 Å². The molecule has 2 rings (SSSR count). The Morgan fingerprint density at radius 1 is 1.20 bits per heavy atom. The van der Waals surface area contributed by atoms with Crippen LogP contribution < -0.4 is 10.6 Å². The van der Waals surface area contributed by atoms with Crippen molar-refractivity contribution in [3.8, 4) is 5.82 Å². The van der Waals surface area contributed by atoms with Crippen LogP contribution in [0.5, 0.6) is 0 Å². The maximum absolute atomic E-state index is 4.52. The lowest BCUT2D eigenvalue weighted by atomic mass is 10.0. The first-order chi connectivity index (χ1) is 12.0. The van der Waals surface area contributed by atoms with Crippen LogP contribution in [0.25, 0.3) is 5.82 Å². The molecule has 0 amide bonds. The number of nitrogens with zero attached hydrogens (tertiary/aromatic N) is 4. The number of hydrogen-bond acceptors (Lipinski definition) is 3. The fourth-order valence-corrected chi connectivity index (χ4v) is 2.55. The van der Waals surface area contributed by atoms with Crippen LogP contribution in [0.2, 0.25) is 0 Å². The van der Waals surface area contributed by atoms with Gasteiger partial charge in [-0.3, -0.25) is 9.56 Å². The van der Waals surface area contributed by atoms with Crippen molar-refractivity contribution in [1.82, 2.24) is 25.2 Å². The summed E-state index contributed by atoms with van der Waals surface area (Å²) in [5.41, 5.74) is 1.11. The molecular formula is C19H30N6. The minimum absolute atomic E-state index is 0.401. The average Bonchev–Trinajstić information content (AvgIpc) is 3.03. The zero-order valence-corrected chi connectivity index (χ0v) is 16.0. The molecule has 0 bridgehead atoms. The molecule has 0 saturated carbocycles. The zero-order chi connectivity index (χ0) is 18.2. The van der Waals surface area contributed by atoms with Gasteiger partial charge in [0.25, 0.3) is 0 Å². The number of aryl methyl sites for hydroxylation is 1. The SMILES string of the molecule is CN=C(NCc1ccc(-n2ccnc2C)nc1)NC(C)CCC(C)C. The molecule has 1 atom stereocenters. The van der Waals surface area contributed by atoms with E-state index in [4.69, 9.17) is 0 Å². The highest BCUT2D eigenvalue weighted by atomic mass is 15.2. The number of pyridine rings is 1. The topological polar surface area (TPSA) is 67.1 Å². The first-order valence-corrected chi connectivity index (χ1v) is 8.92. The Balaban J connectivity index is 1.86. The second kappa shape index (κ2) is 9.20. The van der Waals surface area contributed by atoms with E-state index in [1.165, 1.54) is 6.42 Å². The lowest BCUT2D eigenvalue weighted by Gasteiger charge is -2.18. The molecule has 0 aliphatic heterocycles. The molecule has 25 heavy (non-hydrogen) atoms. The normalized spacial score (nSPS) is 13.1. The van der Waals surface area contributed by atoms with Gasteiger partial charge < -0.3 is 10.6 Å². The predicted octanol–water partition coefficient (Wildman–Crippen LogP) is 3.07. The van der Waals surface area contributed by atoms with Gasteiger partial charge in [-0.2, -0.15) is 0 Å². The maximum Gasteiger partial charge on any atom is 0.191 e. The third-order valence-electron chi connectivity index (χ3n) is 4.13. The van der Waals surface area contributed by atoms with Gasteiger partial charge in [0.05, 0.1) is 0 Å². The first kappa shape index (κ1) is 19.0.